The van der Waals surface area contributed by atoms with Crippen molar-refractivity contribution in [3.8, 4) is 0 Å². The highest BCUT2D eigenvalue weighted by Gasteiger charge is 2.19. The summed E-state index contributed by atoms with van der Waals surface area (Å²) in [5, 5.41) is 14.6. The smallest absolute Gasteiger partial charge is 0.371 e. The van der Waals surface area contributed by atoms with E-state index in [2.05, 4.69) is 10.6 Å². The van der Waals surface area contributed by atoms with Gasteiger partial charge in [0.1, 0.15) is 5.76 Å². The minimum absolute atomic E-state index is 0.0845. The quantitative estimate of drug-likeness (QED) is 0.697. The van der Waals surface area contributed by atoms with E-state index < -0.39 is 5.97 Å². The van der Waals surface area contributed by atoms with Crippen molar-refractivity contribution < 1.29 is 19.1 Å². The van der Waals surface area contributed by atoms with Gasteiger partial charge in [-0.25, -0.2) is 4.79 Å². The van der Waals surface area contributed by atoms with Gasteiger partial charge >= 0.3 is 5.97 Å². The van der Waals surface area contributed by atoms with Crippen molar-refractivity contribution in [3.05, 3.63) is 23.7 Å². The first kappa shape index (κ1) is 15.2. The molecule has 0 aliphatic rings. The fourth-order valence-electron chi connectivity index (χ4n) is 1.63. The van der Waals surface area contributed by atoms with E-state index >= 15 is 0 Å². The number of hydrogen-bond donors (Lipinski definition) is 3. The minimum Gasteiger partial charge on any atom is -0.475 e. The lowest BCUT2D eigenvalue weighted by Crippen LogP contribution is -2.43. The summed E-state index contributed by atoms with van der Waals surface area (Å²) in [6, 6.07) is 2.38. The van der Waals surface area contributed by atoms with Crippen LogP contribution in [-0.2, 0) is 4.79 Å². The zero-order valence-corrected chi connectivity index (χ0v) is 11.4. The molecule has 0 saturated heterocycles. The second kappa shape index (κ2) is 6.94. The Labute approximate surface area is 112 Å². The van der Waals surface area contributed by atoms with Gasteiger partial charge < -0.3 is 14.8 Å². The molecule has 1 amide bonds. The van der Waals surface area contributed by atoms with Crippen molar-refractivity contribution in [2.75, 3.05) is 6.54 Å². The lowest BCUT2D eigenvalue weighted by atomic mass is 10.2. The number of rotatable bonds is 7. The lowest BCUT2D eigenvalue weighted by Gasteiger charge is -2.18. The molecule has 0 aliphatic heterocycles. The molecule has 0 radical (unpaired) electrons. The molecule has 106 valence electrons. The third kappa shape index (κ3) is 4.40. The average molecular weight is 268 g/mol. The molecule has 2 atom stereocenters. The van der Waals surface area contributed by atoms with Gasteiger partial charge in [-0.15, -0.1) is 0 Å². The molecular formula is C13H20N2O4. The summed E-state index contributed by atoms with van der Waals surface area (Å²) in [7, 11) is 0. The van der Waals surface area contributed by atoms with Gasteiger partial charge in [-0.05, 0) is 32.4 Å². The van der Waals surface area contributed by atoms with Crippen LogP contribution in [0.1, 0.15) is 49.5 Å². The highest BCUT2D eigenvalue weighted by Crippen LogP contribution is 2.16. The van der Waals surface area contributed by atoms with Crippen molar-refractivity contribution >= 4 is 11.9 Å². The largest absolute Gasteiger partial charge is 0.475 e. The summed E-state index contributed by atoms with van der Waals surface area (Å²) >= 11 is 0. The maximum atomic E-state index is 11.7. The second-order valence-corrected chi connectivity index (χ2v) is 4.41. The van der Waals surface area contributed by atoms with Crippen LogP contribution in [0.15, 0.2) is 16.5 Å². The number of aromatic carboxylic acids is 1. The summed E-state index contributed by atoms with van der Waals surface area (Å²) in [6.07, 6.45) is 0.883. The molecule has 6 nitrogen and oxygen atoms in total. The molecule has 0 saturated carbocycles. The number of carboxylic acid groups (broad SMARTS) is 1. The van der Waals surface area contributed by atoms with E-state index in [0.29, 0.717) is 12.3 Å². The molecule has 1 rings (SSSR count). The Morgan fingerprint density at radius 2 is 2.05 bits per heavy atom. The monoisotopic (exact) mass is 268 g/mol. The van der Waals surface area contributed by atoms with Crippen LogP contribution >= 0.6 is 0 Å². The van der Waals surface area contributed by atoms with Crippen molar-refractivity contribution in [2.24, 2.45) is 0 Å². The predicted molar refractivity (Wildman–Crippen MR) is 70.0 cm³/mol. The predicted octanol–water partition coefficient (Wildman–Crippen LogP) is 1.54. The lowest BCUT2D eigenvalue weighted by molar-refractivity contribution is -0.122. The summed E-state index contributed by atoms with van der Waals surface area (Å²) in [6.45, 7) is 6.19. The standard InChI is InChI=1S/C13H20N2O4/c1-4-7-14-12(16)9(3)15-8(2)10-5-6-11(19-10)13(17)18/h5-6,8-9,15H,4,7H2,1-3H3,(H,14,16)(H,17,18). The summed E-state index contributed by atoms with van der Waals surface area (Å²) in [4.78, 5) is 22.4. The third-order valence-electron chi connectivity index (χ3n) is 2.71. The van der Waals surface area contributed by atoms with Crippen molar-refractivity contribution in [1.82, 2.24) is 10.6 Å². The molecule has 19 heavy (non-hydrogen) atoms. The molecular weight excluding hydrogens is 248 g/mol. The number of carbonyl (C=O) groups is 2. The Balaban J connectivity index is 2.55. The molecule has 1 aromatic rings. The normalized spacial score (nSPS) is 13.8. The molecule has 3 N–H and O–H groups in total. The number of carboxylic acids is 1. The third-order valence-corrected chi connectivity index (χ3v) is 2.71. The van der Waals surface area contributed by atoms with Gasteiger partial charge in [-0.2, -0.15) is 0 Å². The van der Waals surface area contributed by atoms with Crippen LogP contribution in [0.2, 0.25) is 0 Å². The fourth-order valence-corrected chi connectivity index (χ4v) is 1.63. The number of carbonyl (C=O) groups excluding carboxylic acids is 1. The van der Waals surface area contributed by atoms with Crippen LogP contribution in [0.5, 0.6) is 0 Å². The Morgan fingerprint density at radius 1 is 1.37 bits per heavy atom. The Kier molecular flexibility index (Phi) is 5.57. The molecule has 0 aliphatic carbocycles. The topological polar surface area (TPSA) is 91.6 Å². The molecule has 1 aromatic heterocycles. The molecule has 0 fully saturated rings. The maximum Gasteiger partial charge on any atom is 0.371 e. The van der Waals surface area contributed by atoms with Crippen LogP contribution in [0.25, 0.3) is 0 Å². The highest BCUT2D eigenvalue weighted by molar-refractivity contribution is 5.84. The summed E-state index contributed by atoms with van der Waals surface area (Å²) < 4.78 is 5.17. The Hall–Kier alpha value is -1.82. The van der Waals surface area contributed by atoms with Crippen molar-refractivity contribution in [3.63, 3.8) is 0 Å². The van der Waals surface area contributed by atoms with Crippen LogP contribution < -0.4 is 10.6 Å². The van der Waals surface area contributed by atoms with Crippen molar-refractivity contribution in [1.29, 1.82) is 0 Å². The van der Waals surface area contributed by atoms with Crippen molar-refractivity contribution in [2.45, 2.75) is 39.3 Å². The van der Waals surface area contributed by atoms with Gasteiger partial charge in [0.25, 0.3) is 0 Å². The first-order valence-corrected chi connectivity index (χ1v) is 6.32. The van der Waals surface area contributed by atoms with E-state index in [0.717, 1.165) is 6.42 Å². The van der Waals surface area contributed by atoms with Gasteiger partial charge in [0, 0.05) is 6.54 Å². The first-order valence-electron chi connectivity index (χ1n) is 6.32. The minimum atomic E-state index is -1.10. The summed E-state index contributed by atoms with van der Waals surface area (Å²) in [5.74, 6) is -0.801. The highest BCUT2D eigenvalue weighted by atomic mass is 16.4. The fraction of sp³-hybridized carbons (Fsp3) is 0.538. The molecule has 1 heterocycles. The van der Waals surface area contributed by atoms with Gasteiger partial charge in [0.15, 0.2) is 0 Å². The SMILES string of the molecule is CCCNC(=O)C(C)NC(C)c1ccc(C(=O)O)o1. The van der Waals surface area contributed by atoms with E-state index in [9.17, 15) is 9.59 Å². The van der Waals surface area contributed by atoms with E-state index in [4.69, 9.17) is 9.52 Å². The van der Waals surface area contributed by atoms with E-state index in [1.165, 1.54) is 6.07 Å². The van der Waals surface area contributed by atoms with Gasteiger partial charge in [0.2, 0.25) is 11.7 Å². The zero-order valence-electron chi connectivity index (χ0n) is 11.4. The first-order chi connectivity index (χ1) is 8.95. The van der Waals surface area contributed by atoms with Gasteiger partial charge in [-0.3, -0.25) is 10.1 Å². The summed E-state index contributed by atoms with van der Waals surface area (Å²) in [5.41, 5.74) is 0. The number of nitrogens with one attached hydrogen (secondary N) is 2. The molecule has 2 unspecified atom stereocenters. The van der Waals surface area contributed by atoms with Crippen LogP contribution in [-0.4, -0.2) is 29.6 Å². The van der Waals surface area contributed by atoms with Crippen LogP contribution in [0.3, 0.4) is 0 Å². The van der Waals surface area contributed by atoms with Gasteiger partial charge in [-0.1, -0.05) is 6.92 Å². The Bertz CT molecular complexity index is 442. The number of hydrogen-bond acceptors (Lipinski definition) is 4. The van der Waals surface area contributed by atoms with Crippen LogP contribution in [0.4, 0.5) is 0 Å². The van der Waals surface area contributed by atoms with E-state index in [1.807, 2.05) is 13.8 Å². The Morgan fingerprint density at radius 3 is 2.58 bits per heavy atom. The molecule has 6 heteroatoms. The molecule has 0 aromatic carbocycles. The van der Waals surface area contributed by atoms with Crippen LogP contribution in [0, 0.1) is 0 Å². The number of amides is 1. The maximum absolute atomic E-state index is 11.7. The molecule has 0 bridgehead atoms. The van der Waals surface area contributed by atoms with E-state index in [-0.39, 0.29) is 23.8 Å². The van der Waals surface area contributed by atoms with Gasteiger partial charge in [0.05, 0.1) is 12.1 Å². The zero-order chi connectivity index (χ0) is 14.4. The average Bonchev–Trinajstić information content (AvgIpc) is 2.85. The number of furan rings is 1. The second-order valence-electron chi connectivity index (χ2n) is 4.41. The van der Waals surface area contributed by atoms with E-state index in [1.54, 1.807) is 13.0 Å². The molecule has 0 spiro atoms.